The highest BCUT2D eigenvalue weighted by atomic mass is 35.5. The predicted octanol–water partition coefficient (Wildman–Crippen LogP) is 6.56. The summed E-state index contributed by atoms with van der Waals surface area (Å²) < 4.78 is 27.4. The molecule has 0 aromatic heterocycles. The summed E-state index contributed by atoms with van der Waals surface area (Å²) in [5.41, 5.74) is 0.385. The van der Waals surface area contributed by atoms with E-state index in [0.717, 1.165) is 0 Å². The van der Waals surface area contributed by atoms with Gasteiger partial charge >= 0.3 is 18.2 Å². The smallest absolute Gasteiger partial charge is 0.407 e. The highest BCUT2D eigenvalue weighted by molar-refractivity contribution is 6.31. The lowest BCUT2D eigenvalue weighted by atomic mass is 10.1. The molecule has 0 spiro atoms. The predicted molar refractivity (Wildman–Crippen MR) is 156 cm³/mol. The van der Waals surface area contributed by atoms with Gasteiger partial charge in [0.25, 0.3) is 0 Å². The molecule has 12 heteroatoms. The standard InChI is InChI=1S/C29H38Cl2N2O8/c1-8-37-25(34)17-39-24-13-21(31)11-19(22(24)15-33-27(36)41-29(5,6)7)16-38-23-12-20(30)10-9-18(23)14-32-26(35)40-28(2,3)4/h9-13H,8,14-17H2,1-7H3,(H,32,35)(H,33,36). The van der Waals surface area contributed by atoms with Gasteiger partial charge in [0.2, 0.25) is 0 Å². The molecule has 0 bridgehead atoms. The van der Waals surface area contributed by atoms with Gasteiger partial charge in [-0.15, -0.1) is 0 Å². The average molecular weight is 614 g/mol. The molecular formula is C29H38Cl2N2O8. The molecule has 41 heavy (non-hydrogen) atoms. The summed E-state index contributed by atoms with van der Waals surface area (Å²) in [6.45, 7) is 12.2. The summed E-state index contributed by atoms with van der Waals surface area (Å²) in [6.07, 6.45) is -1.21. The first kappa shape index (κ1) is 33.8. The van der Waals surface area contributed by atoms with Crippen LogP contribution >= 0.6 is 23.2 Å². The number of alkyl carbamates (subject to hydrolysis) is 2. The third kappa shape index (κ3) is 12.8. The molecule has 0 radical (unpaired) electrons. The van der Waals surface area contributed by atoms with Crippen LogP contribution < -0.4 is 20.1 Å². The number of nitrogens with one attached hydrogen (secondary N) is 2. The fraction of sp³-hybridized carbons (Fsp3) is 0.483. The molecule has 0 fully saturated rings. The summed E-state index contributed by atoms with van der Waals surface area (Å²) in [4.78, 5) is 36.5. The zero-order chi connectivity index (χ0) is 30.8. The Labute approximate surface area is 250 Å². The van der Waals surface area contributed by atoms with E-state index in [0.29, 0.717) is 32.5 Å². The molecule has 2 aromatic carbocycles. The quantitative estimate of drug-likeness (QED) is 0.216. The monoisotopic (exact) mass is 612 g/mol. The second-order valence-corrected chi connectivity index (χ2v) is 11.8. The SMILES string of the molecule is CCOC(=O)COc1cc(Cl)cc(COc2cc(Cl)ccc2CNC(=O)OC(C)(C)C)c1CNC(=O)OC(C)(C)C. The lowest BCUT2D eigenvalue weighted by molar-refractivity contribution is -0.145. The lowest BCUT2D eigenvalue weighted by Crippen LogP contribution is -2.32. The van der Waals surface area contributed by atoms with Gasteiger partial charge in [-0.2, -0.15) is 0 Å². The van der Waals surface area contributed by atoms with E-state index in [4.69, 9.17) is 46.9 Å². The Hall–Kier alpha value is -3.37. The van der Waals surface area contributed by atoms with Crippen LogP contribution in [0.1, 0.15) is 65.2 Å². The minimum Gasteiger partial charge on any atom is -0.488 e. The minimum absolute atomic E-state index is 0.00840. The fourth-order valence-corrected chi connectivity index (χ4v) is 3.78. The van der Waals surface area contributed by atoms with Crippen LogP contribution in [0.15, 0.2) is 30.3 Å². The van der Waals surface area contributed by atoms with Gasteiger partial charge in [-0.3, -0.25) is 0 Å². The largest absolute Gasteiger partial charge is 0.488 e. The molecular weight excluding hydrogens is 575 g/mol. The van der Waals surface area contributed by atoms with Crippen LogP contribution in [0.3, 0.4) is 0 Å². The maximum absolute atomic E-state index is 12.4. The van der Waals surface area contributed by atoms with Crippen molar-refractivity contribution in [1.29, 1.82) is 0 Å². The molecule has 0 atom stereocenters. The summed E-state index contributed by atoms with van der Waals surface area (Å²) in [6, 6.07) is 8.22. The fourth-order valence-electron chi connectivity index (χ4n) is 3.38. The molecule has 0 aliphatic heterocycles. The van der Waals surface area contributed by atoms with Crippen molar-refractivity contribution < 1.29 is 38.1 Å². The molecule has 0 aliphatic rings. The summed E-state index contributed by atoms with van der Waals surface area (Å²) in [5, 5.41) is 6.15. The van der Waals surface area contributed by atoms with E-state index in [1.165, 1.54) is 6.07 Å². The van der Waals surface area contributed by atoms with Gasteiger partial charge in [0.1, 0.15) is 29.3 Å². The molecule has 10 nitrogen and oxygen atoms in total. The van der Waals surface area contributed by atoms with Gasteiger partial charge in [0, 0.05) is 27.7 Å². The average Bonchev–Trinajstić information content (AvgIpc) is 2.82. The molecule has 2 aromatic rings. The van der Waals surface area contributed by atoms with Crippen molar-refractivity contribution in [1.82, 2.24) is 10.6 Å². The Bertz CT molecular complexity index is 1220. The third-order valence-electron chi connectivity index (χ3n) is 4.96. The molecule has 0 aliphatic carbocycles. The molecule has 226 valence electrons. The number of amides is 2. The first-order chi connectivity index (χ1) is 19.1. The van der Waals surface area contributed by atoms with Crippen LogP contribution in [0.4, 0.5) is 9.59 Å². The van der Waals surface area contributed by atoms with Crippen LogP contribution in [-0.2, 0) is 38.7 Å². The Morgan fingerprint density at radius 2 is 1.34 bits per heavy atom. The first-order valence-corrected chi connectivity index (χ1v) is 13.8. The van der Waals surface area contributed by atoms with Gasteiger partial charge in [-0.25, -0.2) is 14.4 Å². The molecule has 2 amide bonds. The van der Waals surface area contributed by atoms with E-state index in [2.05, 4.69) is 10.6 Å². The van der Waals surface area contributed by atoms with Crippen LogP contribution in [0.25, 0.3) is 0 Å². The zero-order valence-corrected chi connectivity index (χ0v) is 26.0. The molecule has 0 heterocycles. The molecule has 0 unspecified atom stereocenters. The summed E-state index contributed by atoms with van der Waals surface area (Å²) in [7, 11) is 0. The van der Waals surface area contributed by atoms with E-state index < -0.39 is 29.4 Å². The van der Waals surface area contributed by atoms with Crippen molar-refractivity contribution in [2.24, 2.45) is 0 Å². The Morgan fingerprint density at radius 3 is 1.93 bits per heavy atom. The van der Waals surface area contributed by atoms with Crippen LogP contribution in [-0.4, -0.2) is 42.6 Å². The number of halogens is 2. The summed E-state index contributed by atoms with van der Waals surface area (Å²) >= 11 is 12.6. The van der Waals surface area contributed by atoms with Gasteiger partial charge in [-0.05, 0) is 78.3 Å². The van der Waals surface area contributed by atoms with Crippen LogP contribution in [0, 0.1) is 0 Å². The summed E-state index contributed by atoms with van der Waals surface area (Å²) in [5.74, 6) is 0.115. The molecule has 2 N–H and O–H groups in total. The van der Waals surface area contributed by atoms with E-state index in [9.17, 15) is 14.4 Å². The molecule has 0 saturated heterocycles. The Morgan fingerprint density at radius 1 is 0.756 bits per heavy atom. The van der Waals surface area contributed by atoms with E-state index in [1.807, 2.05) is 0 Å². The zero-order valence-electron chi connectivity index (χ0n) is 24.4. The number of rotatable bonds is 11. The van der Waals surface area contributed by atoms with Crippen molar-refractivity contribution in [2.45, 2.75) is 79.4 Å². The van der Waals surface area contributed by atoms with Crippen LogP contribution in [0.5, 0.6) is 11.5 Å². The van der Waals surface area contributed by atoms with Gasteiger partial charge in [-0.1, -0.05) is 29.3 Å². The number of hydrogen-bond donors (Lipinski definition) is 2. The van der Waals surface area contributed by atoms with Gasteiger partial charge < -0.3 is 34.3 Å². The topological polar surface area (TPSA) is 121 Å². The maximum atomic E-state index is 12.4. The van der Waals surface area contributed by atoms with E-state index in [1.54, 1.807) is 72.7 Å². The second-order valence-electron chi connectivity index (χ2n) is 10.9. The normalized spacial score (nSPS) is 11.3. The number of benzene rings is 2. The van der Waals surface area contributed by atoms with Crippen molar-refractivity contribution in [2.75, 3.05) is 13.2 Å². The number of carbonyl (C=O) groups excluding carboxylic acids is 3. The highest BCUT2D eigenvalue weighted by Gasteiger charge is 2.20. The van der Waals surface area contributed by atoms with Crippen LogP contribution in [0.2, 0.25) is 10.0 Å². The number of ether oxygens (including phenoxy) is 5. The Balaban J connectivity index is 2.31. The highest BCUT2D eigenvalue weighted by Crippen LogP contribution is 2.31. The number of esters is 1. The third-order valence-corrected chi connectivity index (χ3v) is 5.41. The van der Waals surface area contributed by atoms with Gasteiger partial charge in [0.05, 0.1) is 13.2 Å². The van der Waals surface area contributed by atoms with E-state index >= 15 is 0 Å². The maximum Gasteiger partial charge on any atom is 0.407 e. The number of carbonyl (C=O) groups is 3. The molecule has 2 rings (SSSR count). The van der Waals surface area contributed by atoms with Crippen molar-refractivity contribution in [3.8, 4) is 11.5 Å². The molecule has 0 saturated carbocycles. The minimum atomic E-state index is -0.699. The number of hydrogen-bond acceptors (Lipinski definition) is 8. The van der Waals surface area contributed by atoms with Crippen molar-refractivity contribution in [3.63, 3.8) is 0 Å². The second kappa shape index (κ2) is 15.0. The first-order valence-electron chi connectivity index (χ1n) is 13.0. The lowest BCUT2D eigenvalue weighted by Gasteiger charge is -2.22. The Kier molecular flexibility index (Phi) is 12.4. The van der Waals surface area contributed by atoms with Crippen molar-refractivity contribution in [3.05, 3.63) is 57.1 Å². The van der Waals surface area contributed by atoms with E-state index in [-0.39, 0.29) is 38.7 Å². The van der Waals surface area contributed by atoms with Crippen molar-refractivity contribution >= 4 is 41.4 Å². The van der Waals surface area contributed by atoms with Gasteiger partial charge in [0.15, 0.2) is 6.61 Å².